The van der Waals surface area contributed by atoms with Crippen LogP contribution in [0.4, 0.5) is 10.2 Å². The van der Waals surface area contributed by atoms with Crippen molar-refractivity contribution in [3.8, 4) is 11.8 Å². The van der Waals surface area contributed by atoms with Crippen LogP contribution in [0.2, 0.25) is 0 Å². The minimum absolute atomic E-state index is 0.0808. The number of nitriles is 1. The number of halogens is 1. The predicted molar refractivity (Wildman–Crippen MR) is 91.2 cm³/mol. The maximum Gasteiger partial charge on any atom is 0.167 e. The molecule has 2 aromatic rings. The van der Waals surface area contributed by atoms with Crippen LogP contribution in [0.5, 0.6) is 5.75 Å². The number of hydrogen-bond acceptors (Lipinski definition) is 5. The van der Waals surface area contributed by atoms with Gasteiger partial charge in [-0.05, 0) is 43.2 Å². The molecule has 1 aromatic carbocycles. The monoisotopic (exact) mass is 339 g/mol. The lowest BCUT2D eigenvalue weighted by Gasteiger charge is -2.33. The maximum atomic E-state index is 13.9. The van der Waals surface area contributed by atoms with Gasteiger partial charge in [0.15, 0.2) is 17.3 Å². The van der Waals surface area contributed by atoms with Crippen molar-refractivity contribution in [3.05, 3.63) is 53.5 Å². The Morgan fingerprint density at radius 3 is 2.96 bits per heavy atom. The summed E-state index contributed by atoms with van der Waals surface area (Å²) in [5, 5.41) is 8.99. The van der Waals surface area contributed by atoms with Crippen LogP contribution in [0.3, 0.4) is 0 Å². The molecule has 5 nitrogen and oxygen atoms in total. The van der Waals surface area contributed by atoms with Gasteiger partial charge in [-0.3, -0.25) is 4.79 Å². The molecule has 1 aromatic heterocycles. The summed E-state index contributed by atoms with van der Waals surface area (Å²) in [5.41, 5.74) is 0.701. The van der Waals surface area contributed by atoms with E-state index >= 15 is 0 Å². The SMILES string of the molecule is COc1ccc(C(=O)[C@H]2CCCN(c3cccc(C#N)n3)C2)cc1F. The zero-order valence-corrected chi connectivity index (χ0v) is 13.9. The molecule has 25 heavy (non-hydrogen) atoms. The van der Waals surface area contributed by atoms with Crippen molar-refractivity contribution in [1.82, 2.24) is 4.98 Å². The van der Waals surface area contributed by atoms with E-state index in [1.54, 1.807) is 18.2 Å². The number of ketones is 1. The van der Waals surface area contributed by atoms with Gasteiger partial charge in [-0.25, -0.2) is 9.37 Å². The number of hydrogen-bond donors (Lipinski definition) is 0. The number of benzene rings is 1. The van der Waals surface area contributed by atoms with Crippen LogP contribution in [-0.2, 0) is 0 Å². The fraction of sp³-hybridized carbons (Fsp3) is 0.316. The van der Waals surface area contributed by atoms with Gasteiger partial charge in [-0.2, -0.15) is 5.26 Å². The molecule has 0 N–H and O–H groups in total. The van der Waals surface area contributed by atoms with Gasteiger partial charge in [0.05, 0.1) is 7.11 Å². The number of nitrogens with zero attached hydrogens (tertiary/aromatic N) is 3. The number of carbonyl (C=O) groups is 1. The largest absolute Gasteiger partial charge is 0.494 e. The molecule has 0 spiro atoms. The molecule has 6 heteroatoms. The first-order valence-corrected chi connectivity index (χ1v) is 8.12. The van der Waals surface area contributed by atoms with Gasteiger partial charge in [0.25, 0.3) is 0 Å². The smallest absolute Gasteiger partial charge is 0.167 e. The van der Waals surface area contributed by atoms with E-state index in [4.69, 9.17) is 10.00 Å². The van der Waals surface area contributed by atoms with Crippen LogP contribution in [-0.4, -0.2) is 31.0 Å². The molecular formula is C19H18FN3O2. The van der Waals surface area contributed by atoms with Crippen molar-refractivity contribution in [2.75, 3.05) is 25.1 Å². The van der Waals surface area contributed by atoms with Crippen molar-refractivity contribution in [3.63, 3.8) is 0 Å². The minimum Gasteiger partial charge on any atom is -0.494 e. The second-order valence-corrected chi connectivity index (χ2v) is 5.99. The predicted octanol–water partition coefficient (Wildman–Crippen LogP) is 3.20. The average molecular weight is 339 g/mol. The maximum absolute atomic E-state index is 13.9. The van der Waals surface area contributed by atoms with E-state index in [1.807, 2.05) is 17.0 Å². The Morgan fingerprint density at radius 2 is 2.24 bits per heavy atom. The Labute approximate surface area is 145 Å². The zero-order chi connectivity index (χ0) is 17.8. The highest BCUT2D eigenvalue weighted by Gasteiger charge is 2.28. The lowest BCUT2D eigenvalue weighted by atomic mass is 9.90. The highest BCUT2D eigenvalue weighted by Crippen LogP contribution is 2.26. The summed E-state index contributed by atoms with van der Waals surface area (Å²) in [7, 11) is 1.39. The molecule has 1 saturated heterocycles. The molecule has 1 atom stereocenters. The van der Waals surface area contributed by atoms with Gasteiger partial charge in [0.2, 0.25) is 0 Å². The summed E-state index contributed by atoms with van der Waals surface area (Å²) >= 11 is 0. The molecule has 3 rings (SSSR count). The third-order valence-electron chi connectivity index (χ3n) is 4.40. The molecule has 0 aliphatic carbocycles. The van der Waals surface area contributed by atoms with Gasteiger partial charge < -0.3 is 9.64 Å². The normalized spacial score (nSPS) is 17.0. The van der Waals surface area contributed by atoms with Crippen LogP contribution in [0.15, 0.2) is 36.4 Å². The zero-order valence-electron chi connectivity index (χ0n) is 13.9. The van der Waals surface area contributed by atoms with Gasteiger partial charge in [-0.15, -0.1) is 0 Å². The van der Waals surface area contributed by atoms with E-state index < -0.39 is 5.82 Å². The van der Waals surface area contributed by atoms with Crippen molar-refractivity contribution in [2.45, 2.75) is 12.8 Å². The van der Waals surface area contributed by atoms with Crippen molar-refractivity contribution in [1.29, 1.82) is 5.26 Å². The lowest BCUT2D eigenvalue weighted by Crippen LogP contribution is -2.39. The summed E-state index contributed by atoms with van der Waals surface area (Å²) < 4.78 is 18.8. The van der Waals surface area contributed by atoms with E-state index in [0.29, 0.717) is 23.6 Å². The second-order valence-electron chi connectivity index (χ2n) is 5.99. The van der Waals surface area contributed by atoms with Gasteiger partial charge in [0.1, 0.15) is 17.6 Å². The molecule has 0 bridgehead atoms. The second kappa shape index (κ2) is 7.31. The average Bonchev–Trinajstić information content (AvgIpc) is 2.67. The molecule has 0 unspecified atom stereocenters. The summed E-state index contributed by atoms with van der Waals surface area (Å²) in [6, 6.07) is 11.6. The first-order valence-electron chi connectivity index (χ1n) is 8.12. The van der Waals surface area contributed by atoms with Crippen LogP contribution >= 0.6 is 0 Å². The Morgan fingerprint density at radius 1 is 1.40 bits per heavy atom. The number of aromatic nitrogens is 1. The van der Waals surface area contributed by atoms with Crippen LogP contribution < -0.4 is 9.64 Å². The molecule has 0 radical (unpaired) electrons. The third kappa shape index (κ3) is 3.61. The Hall–Kier alpha value is -2.94. The summed E-state index contributed by atoms with van der Waals surface area (Å²) in [6.45, 7) is 1.29. The molecule has 0 amide bonds. The summed E-state index contributed by atoms with van der Waals surface area (Å²) in [5.74, 6) is -0.0296. The van der Waals surface area contributed by atoms with Crippen molar-refractivity contribution in [2.24, 2.45) is 5.92 Å². The molecule has 2 heterocycles. The Balaban J connectivity index is 1.77. The van der Waals surface area contributed by atoms with Crippen LogP contribution in [0, 0.1) is 23.1 Å². The number of piperidine rings is 1. The van der Waals surface area contributed by atoms with E-state index in [1.165, 1.54) is 19.2 Å². The molecule has 128 valence electrons. The molecular weight excluding hydrogens is 321 g/mol. The number of Topliss-reactive ketones (excluding diaryl/α,β-unsaturated/α-hetero) is 1. The molecule has 1 aliphatic rings. The molecule has 1 aliphatic heterocycles. The first kappa shape index (κ1) is 16.9. The van der Waals surface area contributed by atoms with Gasteiger partial charge in [0, 0.05) is 24.6 Å². The fourth-order valence-electron chi connectivity index (χ4n) is 3.12. The highest BCUT2D eigenvalue weighted by molar-refractivity contribution is 5.98. The highest BCUT2D eigenvalue weighted by atomic mass is 19.1. The number of methoxy groups -OCH3 is 1. The van der Waals surface area contributed by atoms with E-state index in [2.05, 4.69) is 4.98 Å². The van der Waals surface area contributed by atoms with Crippen molar-refractivity contribution < 1.29 is 13.9 Å². The molecule has 1 fully saturated rings. The van der Waals surface area contributed by atoms with Crippen molar-refractivity contribution >= 4 is 11.6 Å². The summed E-state index contributed by atoms with van der Waals surface area (Å²) in [4.78, 5) is 19.0. The number of ether oxygens (including phenoxy) is 1. The van der Waals surface area contributed by atoms with Crippen LogP contribution in [0.25, 0.3) is 0 Å². The quantitative estimate of drug-likeness (QED) is 0.800. The number of pyridine rings is 1. The fourth-order valence-corrected chi connectivity index (χ4v) is 3.12. The number of carbonyl (C=O) groups excluding carboxylic acids is 1. The van der Waals surface area contributed by atoms with E-state index in [-0.39, 0.29) is 17.5 Å². The topological polar surface area (TPSA) is 66.2 Å². The lowest BCUT2D eigenvalue weighted by molar-refractivity contribution is 0.0906. The molecule has 0 saturated carbocycles. The van der Waals surface area contributed by atoms with E-state index in [0.717, 1.165) is 19.4 Å². The number of anilines is 1. The standard InChI is InChI=1S/C19H18FN3O2/c1-25-17-8-7-13(10-16(17)20)19(24)14-4-3-9-23(12-14)18-6-2-5-15(11-21)22-18/h2,5-8,10,14H,3-4,9,12H2,1H3/t14-/m0/s1. The van der Waals surface area contributed by atoms with Crippen LogP contribution in [0.1, 0.15) is 28.9 Å². The Kier molecular flexibility index (Phi) is 4.94. The summed E-state index contributed by atoms with van der Waals surface area (Å²) in [6.07, 6.45) is 1.59. The Bertz CT molecular complexity index is 832. The first-order chi connectivity index (χ1) is 12.1. The minimum atomic E-state index is -0.538. The number of rotatable bonds is 4. The van der Waals surface area contributed by atoms with Gasteiger partial charge >= 0.3 is 0 Å². The van der Waals surface area contributed by atoms with E-state index in [9.17, 15) is 9.18 Å². The third-order valence-corrected chi connectivity index (χ3v) is 4.40. The van der Waals surface area contributed by atoms with Gasteiger partial charge in [-0.1, -0.05) is 6.07 Å².